The minimum atomic E-state index is -0.317. The molecule has 0 aliphatic rings. The molecule has 0 bridgehead atoms. The number of carbonyl (C=O) groups excluding carboxylic acids is 1. The Bertz CT molecular complexity index is 993. The fourth-order valence-corrected chi connectivity index (χ4v) is 2.65. The van der Waals surface area contributed by atoms with Crippen LogP contribution in [0.5, 0.6) is 11.5 Å². The molecule has 3 aromatic rings. The highest BCUT2D eigenvalue weighted by Gasteiger charge is 2.11. The number of rotatable bonds is 6. The molecule has 0 aliphatic heterocycles. The average molecular weight is 399 g/mol. The maximum absolute atomic E-state index is 12.4. The predicted octanol–water partition coefficient (Wildman–Crippen LogP) is 4.45. The Labute approximate surface area is 167 Å². The first kappa shape index (κ1) is 19.4. The van der Waals surface area contributed by atoms with Crippen molar-refractivity contribution in [3.63, 3.8) is 0 Å². The van der Waals surface area contributed by atoms with Crippen molar-refractivity contribution in [3.8, 4) is 11.5 Å². The van der Waals surface area contributed by atoms with E-state index in [9.17, 15) is 4.79 Å². The van der Waals surface area contributed by atoms with Crippen LogP contribution in [0.4, 0.5) is 17.3 Å². The zero-order chi connectivity index (χ0) is 20.1. The van der Waals surface area contributed by atoms with Gasteiger partial charge in [-0.05, 0) is 36.8 Å². The van der Waals surface area contributed by atoms with Crippen LogP contribution in [0.1, 0.15) is 15.9 Å². The Kier molecular flexibility index (Phi) is 5.96. The standard InChI is InChI=1S/C20H19ClN4O3/c1-12-4-5-14(21)8-16(12)25-19(26)13-10-22-20(23-11-13)24-15-6-7-17(27-2)18(9-15)28-3/h4-11H,1-3H3,(H,25,26)(H,22,23,24). The highest BCUT2D eigenvalue weighted by atomic mass is 35.5. The van der Waals surface area contributed by atoms with Crippen molar-refractivity contribution in [2.24, 2.45) is 0 Å². The van der Waals surface area contributed by atoms with Gasteiger partial charge in [0.05, 0.1) is 19.8 Å². The minimum Gasteiger partial charge on any atom is -0.493 e. The van der Waals surface area contributed by atoms with Crippen LogP contribution in [0.25, 0.3) is 0 Å². The molecule has 0 unspecified atom stereocenters. The van der Waals surface area contributed by atoms with Crippen molar-refractivity contribution in [3.05, 3.63) is 64.9 Å². The molecule has 0 radical (unpaired) electrons. The molecule has 0 fully saturated rings. The van der Waals surface area contributed by atoms with Crippen LogP contribution < -0.4 is 20.1 Å². The summed E-state index contributed by atoms with van der Waals surface area (Å²) in [7, 11) is 3.13. The first-order valence-electron chi connectivity index (χ1n) is 8.38. The summed E-state index contributed by atoms with van der Waals surface area (Å²) in [6.45, 7) is 1.89. The Morgan fingerprint density at radius 3 is 2.39 bits per heavy atom. The summed E-state index contributed by atoms with van der Waals surface area (Å²) in [5.74, 6) is 1.24. The molecule has 8 heteroatoms. The van der Waals surface area contributed by atoms with Crippen molar-refractivity contribution in [2.45, 2.75) is 6.92 Å². The van der Waals surface area contributed by atoms with Gasteiger partial charge in [-0.2, -0.15) is 0 Å². The number of amides is 1. The predicted molar refractivity (Wildman–Crippen MR) is 109 cm³/mol. The Morgan fingerprint density at radius 2 is 1.71 bits per heavy atom. The number of nitrogens with zero attached hydrogens (tertiary/aromatic N) is 2. The van der Waals surface area contributed by atoms with Crippen LogP contribution in [0.3, 0.4) is 0 Å². The van der Waals surface area contributed by atoms with Gasteiger partial charge >= 0.3 is 0 Å². The van der Waals surface area contributed by atoms with E-state index in [0.717, 1.165) is 11.3 Å². The summed E-state index contributed by atoms with van der Waals surface area (Å²) in [5, 5.41) is 6.41. The van der Waals surface area contributed by atoms with Crippen LogP contribution >= 0.6 is 11.6 Å². The van der Waals surface area contributed by atoms with Gasteiger partial charge < -0.3 is 20.1 Å². The molecule has 144 valence electrons. The lowest BCUT2D eigenvalue weighted by molar-refractivity contribution is 0.102. The third kappa shape index (κ3) is 4.50. The van der Waals surface area contributed by atoms with Crippen molar-refractivity contribution >= 4 is 34.8 Å². The second-order valence-corrected chi connectivity index (χ2v) is 6.34. The van der Waals surface area contributed by atoms with E-state index in [4.69, 9.17) is 21.1 Å². The molecule has 0 saturated heterocycles. The van der Waals surface area contributed by atoms with Crippen LogP contribution in [0, 0.1) is 6.92 Å². The SMILES string of the molecule is COc1ccc(Nc2ncc(C(=O)Nc3cc(Cl)ccc3C)cn2)cc1OC. The van der Waals surface area contributed by atoms with Crippen LogP contribution in [-0.2, 0) is 0 Å². The normalized spacial score (nSPS) is 10.3. The first-order valence-corrected chi connectivity index (χ1v) is 8.76. The molecule has 2 aromatic carbocycles. The topological polar surface area (TPSA) is 85.4 Å². The minimum absolute atomic E-state index is 0.317. The smallest absolute Gasteiger partial charge is 0.258 e. The maximum Gasteiger partial charge on any atom is 0.258 e. The number of halogens is 1. The van der Waals surface area contributed by atoms with Crippen LogP contribution in [0.15, 0.2) is 48.8 Å². The van der Waals surface area contributed by atoms with E-state index in [0.29, 0.717) is 33.7 Å². The van der Waals surface area contributed by atoms with E-state index in [-0.39, 0.29) is 5.91 Å². The van der Waals surface area contributed by atoms with Gasteiger partial charge in [-0.1, -0.05) is 17.7 Å². The number of methoxy groups -OCH3 is 2. The molecule has 0 aliphatic carbocycles. The number of hydrogen-bond acceptors (Lipinski definition) is 6. The van der Waals surface area contributed by atoms with E-state index in [1.165, 1.54) is 12.4 Å². The molecule has 3 rings (SSSR count). The summed E-state index contributed by atoms with van der Waals surface area (Å²) >= 11 is 5.98. The number of carbonyl (C=O) groups is 1. The van der Waals surface area contributed by atoms with E-state index in [2.05, 4.69) is 20.6 Å². The Balaban J connectivity index is 1.71. The lowest BCUT2D eigenvalue weighted by atomic mass is 10.2. The fourth-order valence-electron chi connectivity index (χ4n) is 2.48. The molecular weight excluding hydrogens is 380 g/mol. The van der Waals surface area contributed by atoms with Gasteiger partial charge in [0.25, 0.3) is 5.91 Å². The molecule has 0 atom stereocenters. The largest absolute Gasteiger partial charge is 0.493 e. The molecular formula is C20H19ClN4O3. The summed E-state index contributed by atoms with van der Waals surface area (Å²) in [5.41, 5.74) is 2.61. The van der Waals surface area contributed by atoms with E-state index < -0.39 is 0 Å². The third-order valence-electron chi connectivity index (χ3n) is 4.00. The zero-order valence-corrected chi connectivity index (χ0v) is 16.4. The highest BCUT2D eigenvalue weighted by molar-refractivity contribution is 6.31. The highest BCUT2D eigenvalue weighted by Crippen LogP contribution is 2.30. The molecule has 1 aromatic heterocycles. The Morgan fingerprint density at radius 1 is 1.00 bits per heavy atom. The van der Waals surface area contributed by atoms with Crippen LogP contribution in [-0.4, -0.2) is 30.1 Å². The van der Waals surface area contributed by atoms with Crippen LogP contribution in [0.2, 0.25) is 5.02 Å². The molecule has 28 heavy (non-hydrogen) atoms. The van der Waals surface area contributed by atoms with Crippen molar-refractivity contribution in [2.75, 3.05) is 24.9 Å². The number of aromatic nitrogens is 2. The zero-order valence-electron chi connectivity index (χ0n) is 15.6. The molecule has 0 spiro atoms. The lowest BCUT2D eigenvalue weighted by Gasteiger charge is -2.11. The van der Waals surface area contributed by atoms with Crippen molar-refractivity contribution in [1.82, 2.24) is 9.97 Å². The van der Waals surface area contributed by atoms with Gasteiger partial charge in [-0.15, -0.1) is 0 Å². The van der Waals surface area contributed by atoms with Gasteiger partial charge in [-0.3, -0.25) is 4.79 Å². The van der Waals surface area contributed by atoms with Gasteiger partial charge in [0.2, 0.25) is 5.95 Å². The van der Waals surface area contributed by atoms with Gasteiger partial charge in [0.1, 0.15) is 0 Å². The number of aryl methyl sites for hydroxylation is 1. The summed E-state index contributed by atoms with van der Waals surface area (Å²) in [4.78, 5) is 20.8. The molecule has 1 heterocycles. The monoisotopic (exact) mass is 398 g/mol. The van der Waals surface area contributed by atoms with E-state index in [1.807, 2.05) is 19.1 Å². The molecule has 1 amide bonds. The maximum atomic E-state index is 12.4. The first-order chi connectivity index (χ1) is 13.5. The third-order valence-corrected chi connectivity index (χ3v) is 4.24. The number of anilines is 3. The lowest BCUT2D eigenvalue weighted by Crippen LogP contribution is -2.14. The Hall–Kier alpha value is -3.32. The number of ether oxygens (including phenoxy) is 2. The summed E-state index contributed by atoms with van der Waals surface area (Å²) < 4.78 is 10.5. The molecule has 7 nitrogen and oxygen atoms in total. The van der Waals surface area contributed by atoms with Gasteiger partial charge in [-0.25, -0.2) is 9.97 Å². The molecule has 2 N–H and O–H groups in total. The van der Waals surface area contributed by atoms with E-state index >= 15 is 0 Å². The quantitative estimate of drug-likeness (QED) is 0.638. The second-order valence-electron chi connectivity index (χ2n) is 5.90. The van der Waals surface area contributed by atoms with Crippen molar-refractivity contribution in [1.29, 1.82) is 0 Å². The molecule has 0 saturated carbocycles. The summed E-state index contributed by atoms with van der Waals surface area (Å²) in [6, 6.07) is 10.7. The van der Waals surface area contributed by atoms with Gasteiger partial charge in [0, 0.05) is 34.9 Å². The second kappa shape index (κ2) is 8.58. The fraction of sp³-hybridized carbons (Fsp3) is 0.150. The van der Waals surface area contributed by atoms with Gasteiger partial charge in [0.15, 0.2) is 11.5 Å². The summed E-state index contributed by atoms with van der Waals surface area (Å²) in [6.07, 6.45) is 2.90. The number of benzene rings is 2. The van der Waals surface area contributed by atoms with Crippen molar-refractivity contribution < 1.29 is 14.3 Å². The number of hydrogen-bond donors (Lipinski definition) is 2. The number of nitrogens with one attached hydrogen (secondary N) is 2. The van der Waals surface area contributed by atoms with E-state index in [1.54, 1.807) is 38.5 Å². The average Bonchev–Trinajstić information content (AvgIpc) is 2.71.